The number of hydrogen-bond acceptors (Lipinski definition) is 3. The van der Waals surface area contributed by atoms with Crippen molar-refractivity contribution in [1.82, 2.24) is 18.7 Å². The number of aryl methyl sites for hydroxylation is 1. The van der Waals surface area contributed by atoms with Crippen LogP contribution in [-0.2, 0) is 4.74 Å². The van der Waals surface area contributed by atoms with Gasteiger partial charge in [-0.05, 0) is 19.4 Å². The summed E-state index contributed by atoms with van der Waals surface area (Å²) in [4.78, 5) is 16.7. The van der Waals surface area contributed by atoms with E-state index >= 15 is 0 Å². The van der Waals surface area contributed by atoms with Crippen LogP contribution in [0.4, 0.5) is 0 Å². The average molecular weight is 346 g/mol. The normalized spacial score (nSPS) is 18.2. The number of ether oxygens (including phenoxy) is 1. The molecule has 1 unspecified atom stereocenters. The van der Waals surface area contributed by atoms with Crippen LogP contribution >= 0.6 is 11.1 Å². The fraction of sp³-hybridized carbons (Fsp3) is 0.412. The number of nitrogens with zero attached hydrogens (tertiary/aromatic N) is 3. The topological polar surface area (TPSA) is 64.8 Å². The third kappa shape index (κ3) is 2.48. The number of nitrogens with one attached hydrogen (secondary N) is 1. The summed E-state index contributed by atoms with van der Waals surface area (Å²) in [7, 11) is 0. The maximum atomic E-state index is 12.4. The highest BCUT2D eigenvalue weighted by Gasteiger charge is 2.24. The minimum absolute atomic E-state index is 0.116. The molecule has 1 aliphatic heterocycles. The van der Waals surface area contributed by atoms with Crippen molar-refractivity contribution in [2.75, 3.05) is 24.7 Å². The molecule has 3 aromatic rings. The van der Waals surface area contributed by atoms with Gasteiger partial charge >= 0.3 is 5.56 Å². The van der Waals surface area contributed by atoms with E-state index in [-0.39, 0.29) is 11.6 Å². The highest BCUT2D eigenvalue weighted by Crippen LogP contribution is 2.34. The molecule has 1 aliphatic rings. The Kier molecular flexibility index (Phi) is 3.97. The zero-order valence-electron chi connectivity index (χ0n) is 13.9. The van der Waals surface area contributed by atoms with Crippen molar-refractivity contribution < 1.29 is 4.74 Å². The largest absolute Gasteiger partial charge is 0.380 e. The van der Waals surface area contributed by atoms with Crippen molar-refractivity contribution in [2.24, 2.45) is 0 Å². The number of rotatable bonds is 3. The first-order chi connectivity index (χ1) is 11.7. The first-order valence-electron chi connectivity index (χ1n) is 8.24. The van der Waals surface area contributed by atoms with Gasteiger partial charge in [0, 0.05) is 11.5 Å². The van der Waals surface area contributed by atoms with E-state index in [0.717, 1.165) is 41.7 Å². The number of thiol groups is 1. The van der Waals surface area contributed by atoms with Crippen LogP contribution in [0.15, 0.2) is 35.1 Å². The second-order valence-electron chi connectivity index (χ2n) is 6.11. The van der Waals surface area contributed by atoms with Crippen molar-refractivity contribution in [1.29, 1.82) is 0 Å². The molecule has 7 heteroatoms. The molecule has 3 heterocycles. The summed E-state index contributed by atoms with van der Waals surface area (Å²) in [5.74, 6) is 2.72. The first kappa shape index (κ1) is 15.5. The Balaban J connectivity index is 1.80. The molecule has 0 spiro atoms. The summed E-state index contributed by atoms with van der Waals surface area (Å²) in [5, 5.41) is 3.42. The van der Waals surface area contributed by atoms with E-state index < -0.39 is 11.1 Å². The van der Waals surface area contributed by atoms with E-state index in [1.165, 1.54) is 5.56 Å². The van der Waals surface area contributed by atoms with Crippen LogP contribution in [0.1, 0.15) is 24.4 Å². The van der Waals surface area contributed by atoms with Crippen LogP contribution in [-0.4, -0.2) is 43.5 Å². The SMILES string of the molecule is Cc1nc(=O)c2c([nH]n2[SH]2CCOCC2)n1C(C)c1ccccc1. The highest BCUT2D eigenvalue weighted by molar-refractivity contribution is 8.15. The van der Waals surface area contributed by atoms with Gasteiger partial charge in [-0.1, -0.05) is 30.3 Å². The fourth-order valence-electron chi connectivity index (χ4n) is 3.35. The van der Waals surface area contributed by atoms with Gasteiger partial charge in [-0.15, -0.1) is 0 Å². The molecule has 0 radical (unpaired) electrons. The molecule has 24 heavy (non-hydrogen) atoms. The number of fused-ring (bicyclic) bond motifs is 1. The van der Waals surface area contributed by atoms with Crippen LogP contribution in [0.25, 0.3) is 11.2 Å². The Hall–Kier alpha value is -1.99. The van der Waals surface area contributed by atoms with E-state index in [9.17, 15) is 4.79 Å². The lowest BCUT2D eigenvalue weighted by atomic mass is 10.1. The standard InChI is InChI=1S/C17H22N4O2S/c1-12(14-6-4-3-5-7-14)20-13(2)18-17(22)15-16(20)19-21(15)24-10-8-23-9-11-24/h3-7,12,19,24H,8-11H2,1-2H3. The molecule has 0 saturated carbocycles. The van der Waals surface area contributed by atoms with Crippen molar-refractivity contribution in [3.05, 3.63) is 52.1 Å². The highest BCUT2D eigenvalue weighted by atomic mass is 32.2. The molecule has 4 rings (SSSR count). The number of aromatic nitrogens is 4. The number of H-pyrrole nitrogens is 1. The molecule has 6 nitrogen and oxygen atoms in total. The summed E-state index contributed by atoms with van der Waals surface area (Å²) < 4.78 is 9.61. The Labute approximate surface area is 142 Å². The Morgan fingerprint density at radius 3 is 2.67 bits per heavy atom. The van der Waals surface area contributed by atoms with Gasteiger partial charge in [-0.2, -0.15) is 16.1 Å². The molecule has 0 aliphatic carbocycles. The quantitative estimate of drug-likeness (QED) is 0.715. The minimum atomic E-state index is -0.401. The Morgan fingerprint density at radius 2 is 1.96 bits per heavy atom. The van der Waals surface area contributed by atoms with Crippen LogP contribution in [0, 0.1) is 6.92 Å². The Morgan fingerprint density at radius 1 is 1.25 bits per heavy atom. The van der Waals surface area contributed by atoms with Gasteiger partial charge in [0.2, 0.25) is 0 Å². The van der Waals surface area contributed by atoms with E-state index in [0.29, 0.717) is 0 Å². The predicted molar refractivity (Wildman–Crippen MR) is 98.3 cm³/mol. The van der Waals surface area contributed by atoms with Gasteiger partial charge < -0.3 is 9.30 Å². The van der Waals surface area contributed by atoms with Crippen molar-refractivity contribution in [3.8, 4) is 0 Å². The minimum Gasteiger partial charge on any atom is -0.380 e. The van der Waals surface area contributed by atoms with Gasteiger partial charge in [-0.25, -0.2) is 4.09 Å². The third-order valence-electron chi connectivity index (χ3n) is 4.64. The number of benzene rings is 1. The third-order valence-corrected chi connectivity index (χ3v) is 6.91. The number of hydrogen-bond donors (Lipinski definition) is 2. The van der Waals surface area contributed by atoms with Gasteiger partial charge in [-0.3, -0.25) is 9.89 Å². The second kappa shape index (κ2) is 6.14. The lowest BCUT2D eigenvalue weighted by Crippen LogP contribution is -2.31. The summed E-state index contributed by atoms with van der Waals surface area (Å²) in [6.45, 7) is 5.57. The maximum Gasteiger partial charge on any atom is 0.301 e. The van der Waals surface area contributed by atoms with Gasteiger partial charge in [0.25, 0.3) is 0 Å². The second-order valence-corrected chi connectivity index (χ2v) is 8.42. The molecule has 1 saturated heterocycles. The van der Waals surface area contributed by atoms with Crippen LogP contribution in [0.2, 0.25) is 0 Å². The lowest BCUT2D eigenvalue weighted by molar-refractivity contribution is 0.159. The van der Waals surface area contributed by atoms with Crippen molar-refractivity contribution >= 4 is 22.2 Å². The molecule has 1 atom stereocenters. The molecular weight excluding hydrogens is 324 g/mol. The zero-order valence-corrected chi connectivity index (χ0v) is 14.8. The van der Waals surface area contributed by atoms with E-state index in [4.69, 9.17) is 4.74 Å². The van der Waals surface area contributed by atoms with Crippen molar-refractivity contribution in [3.63, 3.8) is 0 Å². The smallest absolute Gasteiger partial charge is 0.301 e. The van der Waals surface area contributed by atoms with Crippen LogP contribution in [0.3, 0.4) is 0 Å². The van der Waals surface area contributed by atoms with Crippen LogP contribution in [0.5, 0.6) is 0 Å². The molecule has 128 valence electrons. The summed E-state index contributed by atoms with van der Waals surface area (Å²) in [5.41, 5.74) is 2.67. The fourth-order valence-corrected chi connectivity index (χ4v) is 5.35. The van der Waals surface area contributed by atoms with Gasteiger partial charge in [0.05, 0.1) is 19.3 Å². The predicted octanol–water partition coefficient (Wildman–Crippen LogP) is 2.24. The summed E-state index contributed by atoms with van der Waals surface area (Å²) >= 11 is -0.401. The molecule has 2 aromatic heterocycles. The monoisotopic (exact) mass is 346 g/mol. The van der Waals surface area contributed by atoms with E-state index in [2.05, 4.69) is 37.8 Å². The summed E-state index contributed by atoms with van der Waals surface area (Å²) in [6, 6.07) is 10.4. The average Bonchev–Trinajstić information content (AvgIpc) is 2.58. The number of aromatic amines is 1. The zero-order chi connectivity index (χ0) is 16.7. The molecular formula is C17H22N4O2S. The molecule has 0 bridgehead atoms. The van der Waals surface area contributed by atoms with E-state index in [1.807, 2.05) is 25.1 Å². The van der Waals surface area contributed by atoms with E-state index in [1.54, 1.807) is 0 Å². The van der Waals surface area contributed by atoms with Crippen molar-refractivity contribution in [2.45, 2.75) is 19.9 Å². The van der Waals surface area contributed by atoms with Crippen LogP contribution < -0.4 is 5.56 Å². The molecule has 0 amide bonds. The van der Waals surface area contributed by atoms with Gasteiger partial charge in [0.15, 0.2) is 11.2 Å². The molecule has 1 N–H and O–H groups in total. The molecule has 1 fully saturated rings. The first-order valence-corrected chi connectivity index (χ1v) is 9.91. The maximum absolute atomic E-state index is 12.4. The molecule has 1 aromatic carbocycles. The lowest BCUT2D eigenvalue weighted by Gasteiger charge is -2.33. The van der Waals surface area contributed by atoms with Gasteiger partial charge in [0.1, 0.15) is 5.82 Å². The summed E-state index contributed by atoms with van der Waals surface area (Å²) in [6.07, 6.45) is 0. The Bertz CT molecular complexity index is 906.